The third kappa shape index (κ3) is 2.90. The minimum atomic E-state index is 0.0364. The van der Waals surface area contributed by atoms with Gasteiger partial charge in [-0.1, -0.05) is 0 Å². The number of thioether (sulfide) groups is 1. The van der Waals surface area contributed by atoms with Crippen molar-refractivity contribution in [3.63, 3.8) is 0 Å². The second-order valence-corrected chi connectivity index (χ2v) is 5.44. The van der Waals surface area contributed by atoms with E-state index in [9.17, 15) is 4.79 Å². The number of methoxy groups -OCH3 is 1. The highest BCUT2D eigenvalue weighted by Crippen LogP contribution is 2.24. The number of rotatable bonds is 2. The van der Waals surface area contributed by atoms with Crippen molar-refractivity contribution in [1.82, 2.24) is 4.90 Å². The molecule has 0 saturated carbocycles. The average Bonchev–Trinajstić information content (AvgIpc) is 2.66. The van der Waals surface area contributed by atoms with Crippen molar-refractivity contribution in [3.05, 3.63) is 23.8 Å². The van der Waals surface area contributed by atoms with Crippen LogP contribution in [0.15, 0.2) is 18.2 Å². The van der Waals surface area contributed by atoms with E-state index in [1.807, 2.05) is 16.7 Å². The van der Waals surface area contributed by atoms with Gasteiger partial charge in [0.05, 0.1) is 12.7 Å². The molecule has 1 fully saturated rings. The van der Waals surface area contributed by atoms with Crippen LogP contribution in [0.5, 0.6) is 5.75 Å². The molecule has 1 saturated heterocycles. The van der Waals surface area contributed by atoms with E-state index in [0.29, 0.717) is 17.0 Å². The molecule has 5 heteroatoms. The molecule has 1 aromatic rings. The molecule has 1 aliphatic heterocycles. The Morgan fingerprint density at radius 1 is 1.39 bits per heavy atom. The zero-order valence-electron chi connectivity index (χ0n) is 10.5. The molecule has 0 spiro atoms. The van der Waals surface area contributed by atoms with Crippen LogP contribution in [0.3, 0.4) is 0 Å². The van der Waals surface area contributed by atoms with Gasteiger partial charge in [-0.25, -0.2) is 0 Å². The molecule has 1 amide bonds. The topological polar surface area (TPSA) is 55.6 Å². The number of carbonyl (C=O) groups is 1. The minimum Gasteiger partial charge on any atom is -0.496 e. The van der Waals surface area contributed by atoms with Crippen LogP contribution < -0.4 is 10.5 Å². The molecule has 1 aromatic carbocycles. The summed E-state index contributed by atoms with van der Waals surface area (Å²) < 4.78 is 5.24. The first-order valence-electron chi connectivity index (χ1n) is 6.03. The number of hydrogen-bond acceptors (Lipinski definition) is 4. The summed E-state index contributed by atoms with van der Waals surface area (Å²) in [4.78, 5) is 14.3. The van der Waals surface area contributed by atoms with E-state index < -0.39 is 0 Å². The number of anilines is 1. The SMILES string of the molecule is COc1cc(N)ccc1C(=O)N1CCCSCC1. The van der Waals surface area contributed by atoms with E-state index in [4.69, 9.17) is 10.5 Å². The maximum absolute atomic E-state index is 12.4. The highest BCUT2D eigenvalue weighted by atomic mass is 32.2. The third-order valence-electron chi connectivity index (χ3n) is 2.97. The van der Waals surface area contributed by atoms with Crippen LogP contribution in [-0.2, 0) is 0 Å². The summed E-state index contributed by atoms with van der Waals surface area (Å²) in [6.07, 6.45) is 1.05. The number of carbonyl (C=O) groups excluding carboxylic acids is 1. The molecular formula is C13H18N2O2S. The molecule has 0 radical (unpaired) electrons. The van der Waals surface area contributed by atoms with Gasteiger partial charge >= 0.3 is 0 Å². The second-order valence-electron chi connectivity index (χ2n) is 4.22. The highest BCUT2D eigenvalue weighted by Gasteiger charge is 2.20. The minimum absolute atomic E-state index is 0.0364. The van der Waals surface area contributed by atoms with Crippen LogP contribution in [0.2, 0.25) is 0 Å². The van der Waals surface area contributed by atoms with Crippen molar-refractivity contribution < 1.29 is 9.53 Å². The van der Waals surface area contributed by atoms with Crippen LogP contribution in [0, 0.1) is 0 Å². The Kier molecular flexibility index (Phi) is 4.36. The van der Waals surface area contributed by atoms with Gasteiger partial charge in [0.1, 0.15) is 5.75 Å². The van der Waals surface area contributed by atoms with Crippen LogP contribution in [0.1, 0.15) is 16.8 Å². The number of amides is 1. The summed E-state index contributed by atoms with van der Waals surface area (Å²) >= 11 is 1.90. The Bertz CT molecular complexity index is 429. The lowest BCUT2D eigenvalue weighted by Gasteiger charge is -2.21. The molecule has 2 rings (SSSR count). The van der Waals surface area contributed by atoms with Crippen molar-refractivity contribution in [2.75, 3.05) is 37.4 Å². The van der Waals surface area contributed by atoms with E-state index in [2.05, 4.69) is 0 Å². The molecule has 1 heterocycles. The Labute approximate surface area is 111 Å². The number of hydrogen-bond donors (Lipinski definition) is 1. The molecule has 0 unspecified atom stereocenters. The number of nitrogen functional groups attached to an aromatic ring is 1. The van der Waals surface area contributed by atoms with Gasteiger partial charge < -0.3 is 15.4 Å². The molecule has 1 aliphatic rings. The maximum atomic E-state index is 12.4. The van der Waals surface area contributed by atoms with Crippen LogP contribution in [0.25, 0.3) is 0 Å². The lowest BCUT2D eigenvalue weighted by molar-refractivity contribution is 0.0765. The number of nitrogens with two attached hydrogens (primary N) is 1. The normalized spacial score (nSPS) is 16.2. The quantitative estimate of drug-likeness (QED) is 0.830. The van der Waals surface area contributed by atoms with E-state index in [1.54, 1.807) is 25.3 Å². The third-order valence-corrected chi connectivity index (χ3v) is 4.01. The summed E-state index contributed by atoms with van der Waals surface area (Å²) in [5.41, 5.74) is 6.90. The Hall–Kier alpha value is -1.36. The number of benzene rings is 1. The molecule has 98 valence electrons. The van der Waals surface area contributed by atoms with Crippen LogP contribution >= 0.6 is 11.8 Å². The Balaban J connectivity index is 2.21. The van der Waals surface area contributed by atoms with E-state index >= 15 is 0 Å². The standard InChI is InChI=1S/C13H18N2O2S/c1-17-12-9-10(14)3-4-11(12)13(16)15-5-2-7-18-8-6-15/h3-4,9H,2,5-8,14H2,1H3. The predicted molar refractivity (Wildman–Crippen MR) is 75.3 cm³/mol. The fourth-order valence-electron chi connectivity index (χ4n) is 2.00. The van der Waals surface area contributed by atoms with Crippen molar-refractivity contribution >= 4 is 23.4 Å². The smallest absolute Gasteiger partial charge is 0.257 e. The first-order valence-corrected chi connectivity index (χ1v) is 7.18. The Morgan fingerprint density at radius 3 is 3.00 bits per heavy atom. The lowest BCUT2D eigenvalue weighted by atomic mass is 10.1. The first kappa shape index (κ1) is 13.1. The van der Waals surface area contributed by atoms with Gasteiger partial charge in [0.25, 0.3) is 5.91 Å². The second kappa shape index (κ2) is 6.00. The van der Waals surface area contributed by atoms with Crippen molar-refractivity contribution in [3.8, 4) is 5.75 Å². The van der Waals surface area contributed by atoms with Crippen molar-refractivity contribution in [1.29, 1.82) is 0 Å². The van der Waals surface area contributed by atoms with E-state index in [0.717, 1.165) is 31.0 Å². The van der Waals surface area contributed by atoms with E-state index in [-0.39, 0.29) is 5.91 Å². The van der Waals surface area contributed by atoms with Gasteiger partial charge in [-0.15, -0.1) is 0 Å². The summed E-state index contributed by atoms with van der Waals surface area (Å²) in [6.45, 7) is 1.62. The largest absolute Gasteiger partial charge is 0.496 e. The predicted octanol–water partition coefficient (Wildman–Crippen LogP) is 1.86. The van der Waals surface area contributed by atoms with E-state index in [1.165, 1.54) is 0 Å². The summed E-state index contributed by atoms with van der Waals surface area (Å²) in [7, 11) is 1.56. The summed E-state index contributed by atoms with van der Waals surface area (Å²) in [6, 6.07) is 5.18. The average molecular weight is 266 g/mol. The van der Waals surface area contributed by atoms with Gasteiger partial charge in [-0.05, 0) is 24.3 Å². The molecule has 18 heavy (non-hydrogen) atoms. The molecule has 0 bridgehead atoms. The molecule has 0 aliphatic carbocycles. The molecule has 2 N–H and O–H groups in total. The van der Waals surface area contributed by atoms with Crippen molar-refractivity contribution in [2.45, 2.75) is 6.42 Å². The van der Waals surface area contributed by atoms with Gasteiger partial charge in [-0.3, -0.25) is 4.79 Å². The monoisotopic (exact) mass is 266 g/mol. The Morgan fingerprint density at radius 2 is 2.22 bits per heavy atom. The first-order chi connectivity index (χ1) is 8.72. The van der Waals surface area contributed by atoms with Crippen molar-refractivity contribution in [2.24, 2.45) is 0 Å². The van der Waals surface area contributed by atoms with Crippen LogP contribution in [-0.4, -0.2) is 42.5 Å². The number of nitrogens with zero attached hydrogens (tertiary/aromatic N) is 1. The highest BCUT2D eigenvalue weighted by molar-refractivity contribution is 7.99. The van der Waals surface area contributed by atoms with Gasteiger partial charge in [0.15, 0.2) is 0 Å². The zero-order chi connectivity index (χ0) is 13.0. The molecule has 4 nitrogen and oxygen atoms in total. The van der Waals surface area contributed by atoms with Gasteiger partial charge in [-0.2, -0.15) is 11.8 Å². The molecule has 0 atom stereocenters. The molecule has 0 aromatic heterocycles. The maximum Gasteiger partial charge on any atom is 0.257 e. The molecular weight excluding hydrogens is 248 g/mol. The zero-order valence-corrected chi connectivity index (χ0v) is 11.3. The summed E-state index contributed by atoms with van der Waals surface area (Å²) in [5.74, 6) is 2.72. The lowest BCUT2D eigenvalue weighted by Crippen LogP contribution is -2.33. The number of ether oxygens (including phenoxy) is 1. The van der Waals surface area contributed by atoms with Gasteiger partial charge in [0.2, 0.25) is 0 Å². The van der Waals surface area contributed by atoms with Crippen LogP contribution in [0.4, 0.5) is 5.69 Å². The fourth-order valence-corrected chi connectivity index (χ4v) is 2.89. The summed E-state index contributed by atoms with van der Waals surface area (Å²) in [5, 5.41) is 0. The fraction of sp³-hybridized carbons (Fsp3) is 0.462. The van der Waals surface area contributed by atoms with Gasteiger partial charge in [0, 0.05) is 30.6 Å².